The molecule has 0 aromatic rings. The molecule has 1 saturated carbocycles. The van der Waals surface area contributed by atoms with Crippen molar-refractivity contribution in [2.75, 3.05) is 26.2 Å². The average Bonchev–Trinajstić information content (AvgIpc) is 3.49. The van der Waals surface area contributed by atoms with Crippen LogP contribution in [0.2, 0.25) is 0 Å². The molecule has 0 amide bonds. The molecular formula is C23H34F3N3O. The highest BCUT2D eigenvalue weighted by atomic mass is 19.4. The summed E-state index contributed by atoms with van der Waals surface area (Å²) in [6.07, 6.45) is 1.66. The molecule has 30 heavy (non-hydrogen) atoms. The second kappa shape index (κ2) is 9.31. The highest BCUT2D eigenvalue weighted by molar-refractivity contribution is 6.03. The first-order chi connectivity index (χ1) is 13.9. The van der Waals surface area contributed by atoms with Crippen molar-refractivity contribution in [3.8, 4) is 0 Å². The summed E-state index contributed by atoms with van der Waals surface area (Å²) in [6.45, 7) is 18.1. The van der Waals surface area contributed by atoms with Crippen LogP contribution in [-0.2, 0) is 4.74 Å². The van der Waals surface area contributed by atoms with E-state index in [2.05, 4.69) is 43.0 Å². The van der Waals surface area contributed by atoms with E-state index in [4.69, 9.17) is 4.74 Å². The first-order valence-electron chi connectivity index (χ1n) is 10.4. The standard InChI is InChI=1S/C23H34F3N3O/c1-8-20(19-10-11-19)21(16(3)27-9-2)17(4)28-12-14-29(15-13-28)18(5)30-22(6,7)23(24,25)26/h8-9,19H,2,5,10-15H2,1,3-4,6-7H3/b20-8-,21-17-,27-16?. The number of rotatable bonds is 8. The van der Waals surface area contributed by atoms with E-state index in [1.807, 2.05) is 6.92 Å². The number of halogens is 3. The van der Waals surface area contributed by atoms with E-state index in [0.717, 1.165) is 30.8 Å². The molecule has 0 aromatic heterocycles. The van der Waals surface area contributed by atoms with Gasteiger partial charge in [-0.3, -0.25) is 4.99 Å². The zero-order valence-corrected chi connectivity index (χ0v) is 18.8. The number of ether oxygens (including phenoxy) is 1. The van der Waals surface area contributed by atoms with Crippen molar-refractivity contribution < 1.29 is 17.9 Å². The Labute approximate surface area is 178 Å². The largest absolute Gasteiger partial charge is 0.464 e. The fourth-order valence-corrected chi connectivity index (χ4v) is 3.73. The summed E-state index contributed by atoms with van der Waals surface area (Å²) in [5.41, 5.74) is 2.27. The molecular weight excluding hydrogens is 391 g/mol. The molecule has 0 aromatic carbocycles. The fraction of sp³-hybridized carbons (Fsp3) is 0.609. The summed E-state index contributed by atoms with van der Waals surface area (Å²) in [5.74, 6) is 0.643. The monoisotopic (exact) mass is 425 g/mol. The topological polar surface area (TPSA) is 28.1 Å². The number of piperazine rings is 1. The Balaban J connectivity index is 2.14. The summed E-state index contributed by atoms with van der Waals surface area (Å²) in [6, 6.07) is 0. The van der Waals surface area contributed by atoms with Crippen LogP contribution in [0.25, 0.3) is 0 Å². The summed E-state index contributed by atoms with van der Waals surface area (Å²) in [4.78, 5) is 8.47. The van der Waals surface area contributed by atoms with Crippen molar-refractivity contribution >= 4 is 5.71 Å². The van der Waals surface area contributed by atoms with Gasteiger partial charge >= 0.3 is 6.18 Å². The molecule has 0 atom stereocenters. The van der Waals surface area contributed by atoms with E-state index in [-0.39, 0.29) is 5.88 Å². The van der Waals surface area contributed by atoms with E-state index in [1.54, 1.807) is 11.1 Å². The maximum Gasteiger partial charge on any atom is 0.427 e. The van der Waals surface area contributed by atoms with Gasteiger partial charge in [-0.25, -0.2) is 0 Å². The van der Waals surface area contributed by atoms with Gasteiger partial charge < -0.3 is 14.5 Å². The summed E-state index contributed by atoms with van der Waals surface area (Å²) in [7, 11) is 0. The van der Waals surface area contributed by atoms with Crippen LogP contribution in [0.1, 0.15) is 47.5 Å². The molecule has 2 rings (SSSR count). The van der Waals surface area contributed by atoms with Crippen LogP contribution < -0.4 is 0 Å². The van der Waals surface area contributed by atoms with Crippen LogP contribution in [0.3, 0.4) is 0 Å². The van der Waals surface area contributed by atoms with E-state index in [0.29, 0.717) is 32.1 Å². The average molecular weight is 426 g/mol. The molecule has 0 unspecified atom stereocenters. The van der Waals surface area contributed by atoms with Crippen molar-refractivity contribution in [2.45, 2.75) is 59.2 Å². The highest BCUT2D eigenvalue weighted by Gasteiger charge is 2.50. The van der Waals surface area contributed by atoms with Gasteiger partial charge in [0.05, 0.1) is 0 Å². The summed E-state index contributed by atoms with van der Waals surface area (Å²) < 4.78 is 44.5. The minimum Gasteiger partial charge on any atom is -0.464 e. The fourth-order valence-electron chi connectivity index (χ4n) is 3.73. The number of hydrogen-bond acceptors (Lipinski definition) is 4. The minimum absolute atomic E-state index is 0.0651. The molecule has 2 fully saturated rings. The van der Waals surface area contributed by atoms with Gasteiger partial charge in [0.2, 0.25) is 0 Å². The molecule has 1 aliphatic heterocycles. The summed E-state index contributed by atoms with van der Waals surface area (Å²) in [5, 5.41) is 0. The quantitative estimate of drug-likeness (QED) is 0.285. The maximum atomic E-state index is 13.1. The van der Waals surface area contributed by atoms with Gasteiger partial charge in [-0.2, -0.15) is 13.2 Å². The second-order valence-electron chi connectivity index (χ2n) is 8.35. The lowest BCUT2D eigenvalue weighted by molar-refractivity contribution is -0.257. The van der Waals surface area contributed by atoms with Gasteiger partial charge in [0.1, 0.15) is 0 Å². The van der Waals surface area contributed by atoms with E-state index in [1.165, 1.54) is 18.4 Å². The Morgan fingerprint density at radius 3 is 2.03 bits per heavy atom. The Morgan fingerprint density at radius 2 is 1.60 bits per heavy atom. The predicted octanol–water partition coefficient (Wildman–Crippen LogP) is 5.67. The first kappa shape index (κ1) is 24.1. The van der Waals surface area contributed by atoms with Crippen LogP contribution in [0.4, 0.5) is 13.2 Å². The van der Waals surface area contributed by atoms with Crippen LogP contribution in [0, 0.1) is 5.92 Å². The Hall–Kier alpha value is -2.18. The number of allylic oxidation sites excluding steroid dienone is 4. The van der Waals surface area contributed by atoms with Crippen molar-refractivity contribution in [2.24, 2.45) is 10.9 Å². The molecule has 0 spiro atoms. The van der Waals surface area contributed by atoms with Crippen molar-refractivity contribution in [1.29, 1.82) is 0 Å². The van der Waals surface area contributed by atoms with E-state index < -0.39 is 11.8 Å². The number of alkyl halides is 3. The molecule has 1 heterocycles. The van der Waals surface area contributed by atoms with Gasteiger partial charge in [0.15, 0.2) is 11.5 Å². The molecule has 0 bridgehead atoms. The van der Waals surface area contributed by atoms with E-state index in [9.17, 15) is 13.2 Å². The zero-order chi connectivity index (χ0) is 22.7. The second-order valence-corrected chi connectivity index (χ2v) is 8.35. The van der Waals surface area contributed by atoms with Crippen LogP contribution >= 0.6 is 0 Å². The van der Waals surface area contributed by atoms with Crippen molar-refractivity contribution in [3.05, 3.63) is 48.2 Å². The van der Waals surface area contributed by atoms with Gasteiger partial charge in [-0.05, 0) is 65.5 Å². The smallest absolute Gasteiger partial charge is 0.427 e. The Bertz CT molecular complexity index is 750. The molecule has 0 radical (unpaired) electrons. The van der Waals surface area contributed by atoms with Gasteiger partial charge in [-0.15, -0.1) is 0 Å². The molecule has 4 nitrogen and oxygen atoms in total. The third-order valence-electron chi connectivity index (χ3n) is 5.79. The van der Waals surface area contributed by atoms with Crippen LogP contribution in [0.15, 0.2) is 53.2 Å². The molecule has 1 saturated heterocycles. The highest BCUT2D eigenvalue weighted by Crippen LogP contribution is 2.42. The number of nitrogens with zero attached hydrogens (tertiary/aromatic N) is 3. The predicted molar refractivity (Wildman–Crippen MR) is 116 cm³/mol. The molecule has 2 aliphatic rings. The molecule has 0 N–H and O–H groups in total. The van der Waals surface area contributed by atoms with Gasteiger partial charge in [-0.1, -0.05) is 12.7 Å². The van der Waals surface area contributed by atoms with Gasteiger partial charge in [0, 0.05) is 49.4 Å². The third-order valence-corrected chi connectivity index (χ3v) is 5.79. The summed E-state index contributed by atoms with van der Waals surface area (Å²) >= 11 is 0. The lowest BCUT2D eigenvalue weighted by Gasteiger charge is -2.41. The minimum atomic E-state index is -4.46. The Kier molecular flexibility index (Phi) is 7.48. The third kappa shape index (κ3) is 5.49. The first-order valence-corrected chi connectivity index (χ1v) is 10.4. The van der Waals surface area contributed by atoms with Crippen LogP contribution in [-0.4, -0.2) is 53.5 Å². The maximum absolute atomic E-state index is 13.1. The zero-order valence-electron chi connectivity index (χ0n) is 18.8. The SMILES string of the molecule is C=CN=C(C)C(/C(=C\C)C1CC1)=C(\C)N1CCN(C(=C)OC(C)(C)C(F)(F)F)CC1. The lowest BCUT2D eigenvalue weighted by Crippen LogP contribution is -2.48. The van der Waals surface area contributed by atoms with Crippen LogP contribution in [0.5, 0.6) is 0 Å². The molecule has 168 valence electrons. The lowest BCUT2D eigenvalue weighted by atomic mass is 9.95. The van der Waals surface area contributed by atoms with E-state index >= 15 is 0 Å². The molecule has 7 heteroatoms. The normalized spacial score (nSPS) is 20.1. The number of aliphatic imine (C=N–C) groups is 1. The van der Waals surface area contributed by atoms with Crippen molar-refractivity contribution in [3.63, 3.8) is 0 Å². The number of hydrogen-bond donors (Lipinski definition) is 0. The van der Waals surface area contributed by atoms with Crippen molar-refractivity contribution in [1.82, 2.24) is 9.80 Å². The Morgan fingerprint density at radius 1 is 1.07 bits per heavy atom. The molecule has 1 aliphatic carbocycles. The van der Waals surface area contributed by atoms with Gasteiger partial charge in [0.25, 0.3) is 0 Å².